The SMILES string of the molecule is Cc1ncn(-c2ccc(F)cc2)c(=O)c1C(N)=O. The molecule has 0 aliphatic heterocycles. The van der Waals surface area contributed by atoms with E-state index in [1.807, 2.05) is 0 Å². The fraction of sp³-hybridized carbons (Fsp3) is 0.0833. The summed E-state index contributed by atoms with van der Waals surface area (Å²) in [6, 6.07) is 5.26. The molecule has 0 radical (unpaired) electrons. The lowest BCUT2D eigenvalue weighted by atomic mass is 10.2. The summed E-state index contributed by atoms with van der Waals surface area (Å²) in [5.74, 6) is -1.25. The van der Waals surface area contributed by atoms with Gasteiger partial charge in [0.2, 0.25) is 0 Å². The molecule has 2 N–H and O–H groups in total. The number of amides is 1. The van der Waals surface area contributed by atoms with Crippen molar-refractivity contribution in [3.8, 4) is 5.69 Å². The molecule has 1 aromatic heterocycles. The van der Waals surface area contributed by atoms with Crippen molar-refractivity contribution in [2.24, 2.45) is 5.73 Å². The first-order valence-electron chi connectivity index (χ1n) is 5.14. The number of benzene rings is 1. The second kappa shape index (κ2) is 4.40. The number of carbonyl (C=O) groups excluding carboxylic acids is 1. The molecular weight excluding hydrogens is 237 g/mol. The fourth-order valence-electron chi connectivity index (χ4n) is 1.61. The molecule has 0 bridgehead atoms. The van der Waals surface area contributed by atoms with Gasteiger partial charge in [0.05, 0.1) is 11.4 Å². The first-order valence-corrected chi connectivity index (χ1v) is 5.14. The molecule has 0 aliphatic rings. The number of hydrogen-bond donors (Lipinski definition) is 1. The van der Waals surface area contributed by atoms with Crippen LogP contribution in [0.5, 0.6) is 0 Å². The van der Waals surface area contributed by atoms with Gasteiger partial charge in [0.1, 0.15) is 17.7 Å². The summed E-state index contributed by atoms with van der Waals surface area (Å²) in [5.41, 5.74) is 5.08. The van der Waals surface area contributed by atoms with Crippen LogP contribution < -0.4 is 11.3 Å². The molecule has 92 valence electrons. The predicted molar refractivity (Wildman–Crippen MR) is 63.0 cm³/mol. The highest BCUT2D eigenvalue weighted by atomic mass is 19.1. The number of aryl methyl sites for hydroxylation is 1. The van der Waals surface area contributed by atoms with Gasteiger partial charge in [-0.05, 0) is 31.2 Å². The highest BCUT2D eigenvalue weighted by molar-refractivity contribution is 5.93. The average Bonchev–Trinajstić information content (AvgIpc) is 2.30. The number of hydrogen-bond acceptors (Lipinski definition) is 3. The Morgan fingerprint density at radius 2 is 1.94 bits per heavy atom. The molecule has 0 saturated heterocycles. The van der Waals surface area contributed by atoms with Crippen LogP contribution in [0.2, 0.25) is 0 Å². The second-order valence-corrected chi connectivity index (χ2v) is 3.72. The zero-order valence-electron chi connectivity index (χ0n) is 9.55. The van der Waals surface area contributed by atoms with Gasteiger partial charge in [0.25, 0.3) is 11.5 Å². The molecule has 0 spiro atoms. The highest BCUT2D eigenvalue weighted by Crippen LogP contribution is 2.07. The number of nitrogens with zero attached hydrogens (tertiary/aromatic N) is 2. The third-order valence-corrected chi connectivity index (χ3v) is 2.51. The molecule has 1 amide bonds. The molecule has 1 aromatic carbocycles. The molecule has 2 aromatic rings. The number of rotatable bonds is 2. The van der Waals surface area contributed by atoms with Crippen molar-refractivity contribution < 1.29 is 9.18 Å². The van der Waals surface area contributed by atoms with E-state index in [1.165, 1.54) is 37.5 Å². The van der Waals surface area contributed by atoms with Crippen LogP contribution >= 0.6 is 0 Å². The van der Waals surface area contributed by atoms with Gasteiger partial charge in [-0.2, -0.15) is 0 Å². The Bertz CT molecular complexity index is 662. The number of aromatic nitrogens is 2. The van der Waals surface area contributed by atoms with Crippen molar-refractivity contribution in [2.45, 2.75) is 6.92 Å². The minimum atomic E-state index is -0.832. The van der Waals surface area contributed by atoms with Gasteiger partial charge in [0, 0.05) is 0 Å². The maximum Gasteiger partial charge on any atom is 0.271 e. The van der Waals surface area contributed by atoms with E-state index in [2.05, 4.69) is 4.98 Å². The zero-order chi connectivity index (χ0) is 13.3. The Morgan fingerprint density at radius 1 is 1.33 bits per heavy atom. The molecule has 0 atom stereocenters. The van der Waals surface area contributed by atoms with Crippen LogP contribution in [-0.2, 0) is 0 Å². The van der Waals surface area contributed by atoms with E-state index in [4.69, 9.17) is 5.73 Å². The third kappa shape index (κ3) is 2.00. The number of nitrogens with two attached hydrogens (primary N) is 1. The van der Waals surface area contributed by atoms with E-state index >= 15 is 0 Å². The maximum atomic E-state index is 12.8. The Labute approximate surface area is 102 Å². The van der Waals surface area contributed by atoms with E-state index < -0.39 is 17.3 Å². The van der Waals surface area contributed by atoms with Gasteiger partial charge in [0.15, 0.2) is 0 Å². The van der Waals surface area contributed by atoms with Gasteiger partial charge in [-0.1, -0.05) is 0 Å². The van der Waals surface area contributed by atoms with Crippen LogP contribution in [0.25, 0.3) is 5.69 Å². The van der Waals surface area contributed by atoms with Crippen LogP contribution in [-0.4, -0.2) is 15.5 Å². The minimum Gasteiger partial charge on any atom is -0.365 e. The molecule has 1 heterocycles. The van der Waals surface area contributed by atoms with Gasteiger partial charge in [-0.25, -0.2) is 9.37 Å². The summed E-state index contributed by atoms with van der Waals surface area (Å²) in [7, 11) is 0. The third-order valence-electron chi connectivity index (χ3n) is 2.51. The van der Waals surface area contributed by atoms with Crippen LogP contribution in [0.4, 0.5) is 4.39 Å². The minimum absolute atomic E-state index is 0.165. The smallest absolute Gasteiger partial charge is 0.271 e. The Hall–Kier alpha value is -2.50. The lowest BCUT2D eigenvalue weighted by Crippen LogP contribution is -2.30. The number of primary amides is 1. The molecule has 0 saturated carbocycles. The van der Waals surface area contributed by atoms with Crippen LogP contribution in [0, 0.1) is 12.7 Å². The number of carbonyl (C=O) groups is 1. The fourth-order valence-corrected chi connectivity index (χ4v) is 1.61. The van der Waals surface area contributed by atoms with E-state index in [0.717, 1.165) is 4.57 Å². The van der Waals surface area contributed by atoms with Crippen molar-refractivity contribution in [1.29, 1.82) is 0 Å². The summed E-state index contributed by atoms with van der Waals surface area (Å²) in [6.07, 6.45) is 1.28. The van der Waals surface area contributed by atoms with E-state index in [-0.39, 0.29) is 11.3 Å². The molecular formula is C12H10FN3O2. The molecule has 0 aliphatic carbocycles. The molecule has 0 unspecified atom stereocenters. The Balaban J connectivity index is 2.67. The summed E-state index contributed by atoms with van der Waals surface area (Å²) >= 11 is 0. The van der Waals surface area contributed by atoms with Crippen LogP contribution in [0.3, 0.4) is 0 Å². The lowest BCUT2D eigenvalue weighted by Gasteiger charge is -2.07. The predicted octanol–water partition coefficient (Wildman–Crippen LogP) is 0.779. The van der Waals surface area contributed by atoms with Crippen molar-refractivity contribution in [3.63, 3.8) is 0 Å². The Morgan fingerprint density at radius 3 is 2.50 bits per heavy atom. The van der Waals surface area contributed by atoms with E-state index in [1.54, 1.807) is 0 Å². The Kier molecular flexibility index (Phi) is 2.93. The summed E-state index contributed by atoms with van der Waals surface area (Å²) in [4.78, 5) is 27.2. The molecule has 5 nitrogen and oxygen atoms in total. The molecule has 2 rings (SSSR count). The van der Waals surface area contributed by atoms with Crippen molar-refractivity contribution >= 4 is 5.91 Å². The highest BCUT2D eigenvalue weighted by Gasteiger charge is 2.14. The zero-order valence-corrected chi connectivity index (χ0v) is 9.55. The number of halogens is 1. The molecule has 0 fully saturated rings. The normalized spacial score (nSPS) is 10.3. The van der Waals surface area contributed by atoms with E-state index in [9.17, 15) is 14.0 Å². The van der Waals surface area contributed by atoms with Crippen molar-refractivity contribution in [2.75, 3.05) is 0 Å². The summed E-state index contributed by atoms with van der Waals surface area (Å²) in [5, 5.41) is 0. The summed E-state index contributed by atoms with van der Waals surface area (Å²) in [6.45, 7) is 1.52. The average molecular weight is 247 g/mol. The van der Waals surface area contributed by atoms with Gasteiger partial charge in [-0.3, -0.25) is 14.2 Å². The molecule has 18 heavy (non-hydrogen) atoms. The van der Waals surface area contributed by atoms with Gasteiger partial charge < -0.3 is 5.73 Å². The lowest BCUT2D eigenvalue weighted by molar-refractivity contribution is 0.0997. The van der Waals surface area contributed by atoms with Gasteiger partial charge >= 0.3 is 0 Å². The standard InChI is InChI=1S/C12H10FN3O2/c1-7-10(11(14)17)12(18)16(6-15-7)9-4-2-8(13)3-5-9/h2-6H,1H3,(H2,14,17). The monoisotopic (exact) mass is 247 g/mol. The van der Waals surface area contributed by atoms with Crippen molar-refractivity contribution in [1.82, 2.24) is 9.55 Å². The summed E-state index contributed by atoms with van der Waals surface area (Å²) < 4.78 is 13.9. The second-order valence-electron chi connectivity index (χ2n) is 3.72. The first kappa shape index (κ1) is 12.0. The topological polar surface area (TPSA) is 78.0 Å². The first-order chi connectivity index (χ1) is 8.50. The van der Waals surface area contributed by atoms with E-state index in [0.29, 0.717) is 5.69 Å². The van der Waals surface area contributed by atoms with Crippen LogP contribution in [0.15, 0.2) is 35.4 Å². The van der Waals surface area contributed by atoms with Crippen LogP contribution in [0.1, 0.15) is 16.1 Å². The largest absolute Gasteiger partial charge is 0.365 e. The van der Waals surface area contributed by atoms with Crippen molar-refractivity contribution in [3.05, 3.63) is 58.0 Å². The maximum absolute atomic E-state index is 12.8. The quantitative estimate of drug-likeness (QED) is 0.851. The van der Waals surface area contributed by atoms with Gasteiger partial charge in [-0.15, -0.1) is 0 Å². The molecule has 6 heteroatoms.